The van der Waals surface area contributed by atoms with Crippen molar-refractivity contribution < 1.29 is 24.5 Å². The van der Waals surface area contributed by atoms with E-state index in [1.54, 1.807) is 0 Å². The second-order valence-electron chi connectivity index (χ2n) is 7.39. The highest BCUT2D eigenvalue weighted by Gasteiger charge is 2.25. The van der Waals surface area contributed by atoms with Gasteiger partial charge in [0, 0.05) is 37.6 Å². The number of hydrogen-bond donors (Lipinski definition) is 3. The highest BCUT2D eigenvalue weighted by atomic mass is 16.5. The summed E-state index contributed by atoms with van der Waals surface area (Å²) in [5, 5.41) is 23.0. The van der Waals surface area contributed by atoms with Crippen LogP contribution in [0, 0.1) is 0 Å². The second kappa shape index (κ2) is 8.50. The molecule has 0 atom stereocenters. The minimum atomic E-state index is -0.188. The lowest BCUT2D eigenvalue weighted by Crippen LogP contribution is -2.38. The number of nitrogens with zero attached hydrogens (tertiary/aromatic N) is 1. The molecule has 3 rings (SSSR count). The molecule has 1 aliphatic heterocycles. The molecule has 1 saturated carbocycles. The molecule has 0 aromatic heterocycles. The van der Waals surface area contributed by atoms with Gasteiger partial charge in [0.15, 0.2) is 11.5 Å². The molecule has 1 heterocycles. The predicted octanol–water partition coefficient (Wildman–Crippen LogP) is 2.93. The number of amides is 2. The third-order valence-corrected chi connectivity index (χ3v) is 5.52. The van der Waals surface area contributed by atoms with E-state index in [0.29, 0.717) is 30.9 Å². The lowest BCUT2D eigenvalue weighted by Gasteiger charge is -2.31. The van der Waals surface area contributed by atoms with Crippen LogP contribution in [-0.4, -0.2) is 46.6 Å². The van der Waals surface area contributed by atoms with E-state index in [9.17, 15) is 19.8 Å². The van der Waals surface area contributed by atoms with E-state index < -0.39 is 0 Å². The first-order valence-electron chi connectivity index (χ1n) is 9.73. The summed E-state index contributed by atoms with van der Waals surface area (Å²) < 4.78 is 5.59. The van der Waals surface area contributed by atoms with E-state index >= 15 is 0 Å². The maximum Gasteiger partial charge on any atom is 0.224 e. The fourth-order valence-electron chi connectivity index (χ4n) is 3.87. The zero-order valence-corrected chi connectivity index (χ0v) is 15.8. The van der Waals surface area contributed by atoms with Gasteiger partial charge in [-0.15, -0.1) is 0 Å². The number of fused-ring (bicyclic) bond motifs is 1. The van der Waals surface area contributed by atoms with Crippen molar-refractivity contribution in [3.05, 3.63) is 11.6 Å². The minimum Gasteiger partial charge on any atom is -0.506 e. The van der Waals surface area contributed by atoms with Crippen molar-refractivity contribution in [3.8, 4) is 17.2 Å². The SMILES string of the molecule is CN(C(=O)CCCOc1cc(O)c2c(c1O)CCC(=O)N2)C1CCCCC1. The Balaban J connectivity index is 1.51. The number of ether oxygens (including phenoxy) is 1. The number of anilines is 1. The molecule has 1 aromatic rings. The van der Waals surface area contributed by atoms with E-state index in [4.69, 9.17) is 4.74 Å². The van der Waals surface area contributed by atoms with Gasteiger partial charge < -0.3 is 25.2 Å². The van der Waals surface area contributed by atoms with Gasteiger partial charge >= 0.3 is 0 Å². The van der Waals surface area contributed by atoms with E-state index in [2.05, 4.69) is 5.32 Å². The van der Waals surface area contributed by atoms with Crippen LogP contribution in [0.2, 0.25) is 0 Å². The highest BCUT2D eigenvalue weighted by molar-refractivity contribution is 5.96. The van der Waals surface area contributed by atoms with Crippen molar-refractivity contribution in [3.63, 3.8) is 0 Å². The molecule has 148 valence electrons. The van der Waals surface area contributed by atoms with E-state index in [0.717, 1.165) is 12.8 Å². The lowest BCUT2D eigenvalue weighted by molar-refractivity contribution is -0.132. The molecule has 7 nitrogen and oxygen atoms in total. The number of phenols is 2. The van der Waals surface area contributed by atoms with E-state index in [-0.39, 0.29) is 47.8 Å². The molecule has 2 amide bonds. The van der Waals surface area contributed by atoms with Crippen LogP contribution in [0.25, 0.3) is 0 Å². The number of carbonyl (C=O) groups is 2. The smallest absolute Gasteiger partial charge is 0.224 e. The van der Waals surface area contributed by atoms with Crippen molar-refractivity contribution in [2.24, 2.45) is 0 Å². The summed E-state index contributed by atoms with van der Waals surface area (Å²) >= 11 is 0. The minimum absolute atomic E-state index is 0.0616. The summed E-state index contributed by atoms with van der Waals surface area (Å²) in [4.78, 5) is 25.7. The normalized spacial score (nSPS) is 17.1. The number of carbonyl (C=O) groups excluding carboxylic acids is 2. The molecule has 3 N–H and O–H groups in total. The summed E-state index contributed by atoms with van der Waals surface area (Å²) in [6.07, 6.45) is 7.32. The average Bonchev–Trinajstić information content (AvgIpc) is 2.68. The lowest BCUT2D eigenvalue weighted by atomic mass is 9.94. The highest BCUT2D eigenvalue weighted by Crippen LogP contribution is 2.44. The molecular formula is C20H28N2O5. The van der Waals surface area contributed by atoms with Crippen LogP contribution in [0.3, 0.4) is 0 Å². The second-order valence-corrected chi connectivity index (χ2v) is 7.39. The van der Waals surface area contributed by atoms with Crippen molar-refractivity contribution in [1.82, 2.24) is 4.90 Å². The van der Waals surface area contributed by atoms with Gasteiger partial charge in [-0.25, -0.2) is 0 Å². The van der Waals surface area contributed by atoms with Gasteiger partial charge in [0.25, 0.3) is 0 Å². The van der Waals surface area contributed by atoms with Gasteiger partial charge in [-0.05, 0) is 25.7 Å². The van der Waals surface area contributed by atoms with E-state index in [1.807, 2.05) is 11.9 Å². The van der Waals surface area contributed by atoms with Gasteiger partial charge in [-0.3, -0.25) is 9.59 Å². The van der Waals surface area contributed by atoms with Crippen LogP contribution in [0.1, 0.15) is 56.9 Å². The number of phenolic OH excluding ortho intramolecular Hbond substituents is 2. The van der Waals surface area contributed by atoms with Crippen LogP contribution in [-0.2, 0) is 16.0 Å². The van der Waals surface area contributed by atoms with Crippen molar-refractivity contribution in [2.75, 3.05) is 19.0 Å². The third-order valence-electron chi connectivity index (χ3n) is 5.52. The van der Waals surface area contributed by atoms with Crippen molar-refractivity contribution >= 4 is 17.5 Å². The maximum atomic E-state index is 12.3. The first-order valence-corrected chi connectivity index (χ1v) is 9.73. The monoisotopic (exact) mass is 376 g/mol. The van der Waals surface area contributed by atoms with Gasteiger partial charge in [0.2, 0.25) is 11.8 Å². The predicted molar refractivity (Wildman–Crippen MR) is 101 cm³/mol. The molecule has 0 bridgehead atoms. The van der Waals surface area contributed by atoms with Crippen LogP contribution in [0.5, 0.6) is 17.2 Å². The Morgan fingerprint density at radius 1 is 1.26 bits per heavy atom. The Morgan fingerprint density at radius 3 is 2.74 bits per heavy atom. The molecule has 1 fully saturated rings. The Morgan fingerprint density at radius 2 is 2.00 bits per heavy atom. The summed E-state index contributed by atoms with van der Waals surface area (Å²) in [6.45, 7) is 0.266. The zero-order chi connectivity index (χ0) is 19.4. The number of aromatic hydroxyl groups is 2. The van der Waals surface area contributed by atoms with Gasteiger partial charge in [-0.2, -0.15) is 0 Å². The largest absolute Gasteiger partial charge is 0.506 e. The fraction of sp³-hybridized carbons (Fsp3) is 0.600. The van der Waals surface area contributed by atoms with Gasteiger partial charge in [0.05, 0.1) is 12.3 Å². The Labute approximate surface area is 159 Å². The van der Waals surface area contributed by atoms with E-state index in [1.165, 1.54) is 25.3 Å². The summed E-state index contributed by atoms with van der Waals surface area (Å²) in [5.41, 5.74) is 0.734. The molecule has 1 aliphatic carbocycles. The van der Waals surface area contributed by atoms with Crippen molar-refractivity contribution in [1.29, 1.82) is 0 Å². The number of benzene rings is 1. The topological polar surface area (TPSA) is 99.1 Å². The van der Waals surface area contributed by atoms with Crippen LogP contribution >= 0.6 is 0 Å². The van der Waals surface area contributed by atoms with Crippen LogP contribution in [0.15, 0.2) is 6.07 Å². The maximum absolute atomic E-state index is 12.3. The molecule has 0 spiro atoms. The first kappa shape index (κ1) is 19.3. The van der Waals surface area contributed by atoms with Crippen LogP contribution in [0.4, 0.5) is 5.69 Å². The average molecular weight is 376 g/mol. The number of hydrogen-bond acceptors (Lipinski definition) is 5. The van der Waals surface area contributed by atoms with Crippen molar-refractivity contribution in [2.45, 2.75) is 63.8 Å². The first-order chi connectivity index (χ1) is 13.0. The Bertz CT molecular complexity index is 713. The summed E-state index contributed by atoms with van der Waals surface area (Å²) in [6, 6.07) is 1.65. The molecule has 2 aliphatic rings. The zero-order valence-electron chi connectivity index (χ0n) is 15.8. The molecular weight excluding hydrogens is 348 g/mol. The third kappa shape index (κ3) is 4.46. The van der Waals surface area contributed by atoms with Gasteiger partial charge in [-0.1, -0.05) is 19.3 Å². The quantitative estimate of drug-likeness (QED) is 0.403. The Kier molecular flexibility index (Phi) is 6.08. The summed E-state index contributed by atoms with van der Waals surface area (Å²) in [5.74, 6) is -0.0833. The molecule has 7 heteroatoms. The molecule has 0 unspecified atom stereocenters. The molecule has 1 aromatic carbocycles. The number of nitrogens with one attached hydrogen (secondary N) is 1. The molecule has 27 heavy (non-hydrogen) atoms. The Hall–Kier alpha value is -2.44. The fourth-order valence-corrected chi connectivity index (χ4v) is 3.87. The number of rotatable bonds is 6. The standard InChI is InChI=1S/C20H28N2O5/c1-22(13-6-3-2-4-7-13)18(25)8-5-11-27-16-12-15(23)19-14(20(16)26)9-10-17(24)21-19/h12-13,23,26H,2-11H2,1H3,(H,21,24). The molecule has 0 radical (unpaired) electrons. The van der Waals surface area contributed by atoms with Crippen LogP contribution < -0.4 is 10.1 Å². The molecule has 0 saturated heterocycles. The van der Waals surface area contributed by atoms with Gasteiger partial charge in [0.1, 0.15) is 5.75 Å². The summed E-state index contributed by atoms with van der Waals surface area (Å²) in [7, 11) is 1.88.